The molecule has 4 aromatic rings. The Morgan fingerprint density at radius 1 is 1.13 bits per heavy atom. The summed E-state index contributed by atoms with van der Waals surface area (Å²) in [6, 6.07) is 22.9. The summed E-state index contributed by atoms with van der Waals surface area (Å²) in [4.78, 5) is 19.7. The number of amides is 1. The summed E-state index contributed by atoms with van der Waals surface area (Å²) in [5, 5.41) is 7.72. The van der Waals surface area contributed by atoms with Crippen LogP contribution < -0.4 is 15.4 Å². The van der Waals surface area contributed by atoms with E-state index in [4.69, 9.17) is 28.6 Å². The highest BCUT2D eigenvalue weighted by Crippen LogP contribution is 2.40. The highest BCUT2D eigenvalue weighted by Gasteiger charge is 2.41. The first-order valence-corrected chi connectivity index (χ1v) is 13.1. The molecule has 0 bridgehead atoms. The highest BCUT2D eigenvalue weighted by atomic mass is 35.5. The smallest absolute Gasteiger partial charge is 0.226 e. The Bertz CT molecular complexity index is 1460. The van der Waals surface area contributed by atoms with E-state index in [0.717, 1.165) is 27.7 Å². The number of aryl methyl sites for hydroxylation is 1. The van der Waals surface area contributed by atoms with Crippen molar-refractivity contribution < 1.29 is 9.53 Å². The molecular formula is C29H28ClN5O2S. The fourth-order valence-electron chi connectivity index (χ4n) is 4.80. The molecule has 1 amide bonds. The molecule has 5 rings (SSSR count). The average Bonchev–Trinajstić information content (AvgIpc) is 3.54. The van der Waals surface area contributed by atoms with Gasteiger partial charge in [0.05, 0.1) is 30.6 Å². The van der Waals surface area contributed by atoms with Crippen LogP contribution in [0.4, 0.5) is 5.69 Å². The highest BCUT2D eigenvalue weighted by molar-refractivity contribution is 7.80. The molecule has 0 saturated carbocycles. The van der Waals surface area contributed by atoms with Crippen LogP contribution in [-0.2, 0) is 4.79 Å². The summed E-state index contributed by atoms with van der Waals surface area (Å²) in [5.74, 6) is 0.490. The fourth-order valence-corrected chi connectivity index (χ4v) is 5.25. The third-order valence-electron chi connectivity index (χ3n) is 6.66. The summed E-state index contributed by atoms with van der Waals surface area (Å²) in [7, 11) is 1.58. The van der Waals surface area contributed by atoms with Crippen molar-refractivity contribution in [3.63, 3.8) is 0 Å². The predicted molar refractivity (Wildman–Crippen MR) is 154 cm³/mol. The summed E-state index contributed by atoms with van der Waals surface area (Å²) in [5.41, 5.74) is 4.53. The minimum Gasteiger partial charge on any atom is -0.495 e. The van der Waals surface area contributed by atoms with E-state index < -0.39 is 0 Å². The van der Waals surface area contributed by atoms with E-state index in [-0.39, 0.29) is 24.4 Å². The number of methoxy groups -OCH3 is 1. The molecule has 1 aliphatic rings. The van der Waals surface area contributed by atoms with Gasteiger partial charge in [0.25, 0.3) is 0 Å². The van der Waals surface area contributed by atoms with Crippen molar-refractivity contribution in [2.75, 3.05) is 19.0 Å². The number of benzene rings is 2. The maximum absolute atomic E-state index is 13.0. The van der Waals surface area contributed by atoms with Gasteiger partial charge in [0.2, 0.25) is 5.91 Å². The van der Waals surface area contributed by atoms with Gasteiger partial charge in [0.1, 0.15) is 5.75 Å². The van der Waals surface area contributed by atoms with Gasteiger partial charge in [-0.2, -0.15) is 0 Å². The molecule has 3 heterocycles. The van der Waals surface area contributed by atoms with E-state index in [1.54, 1.807) is 13.3 Å². The van der Waals surface area contributed by atoms with Crippen LogP contribution in [0.25, 0.3) is 5.69 Å². The number of carbonyl (C=O) groups excluding carboxylic acids is 1. The molecule has 2 atom stereocenters. The lowest BCUT2D eigenvalue weighted by Gasteiger charge is -2.29. The third-order valence-corrected chi connectivity index (χ3v) is 7.44. The van der Waals surface area contributed by atoms with E-state index >= 15 is 0 Å². The van der Waals surface area contributed by atoms with Crippen LogP contribution in [0.2, 0.25) is 5.02 Å². The number of halogens is 1. The summed E-state index contributed by atoms with van der Waals surface area (Å²) in [6.07, 6.45) is 4.05. The molecule has 0 spiro atoms. The first kappa shape index (κ1) is 25.8. The van der Waals surface area contributed by atoms with E-state index in [1.807, 2.05) is 73.8 Å². The third kappa shape index (κ3) is 5.23. The Balaban J connectivity index is 1.45. The zero-order valence-electron chi connectivity index (χ0n) is 21.1. The summed E-state index contributed by atoms with van der Waals surface area (Å²) in [6.45, 7) is 2.41. The van der Waals surface area contributed by atoms with Gasteiger partial charge in [0.15, 0.2) is 5.11 Å². The number of nitrogens with one attached hydrogen (secondary N) is 2. The number of hydrogen-bond donors (Lipinski definition) is 2. The van der Waals surface area contributed by atoms with Gasteiger partial charge in [0, 0.05) is 41.8 Å². The van der Waals surface area contributed by atoms with Crippen LogP contribution in [0.5, 0.6) is 5.75 Å². The second-order valence-corrected chi connectivity index (χ2v) is 9.85. The van der Waals surface area contributed by atoms with E-state index in [9.17, 15) is 4.79 Å². The minimum absolute atomic E-state index is 0.124. The molecule has 7 nitrogen and oxygen atoms in total. The Kier molecular flexibility index (Phi) is 7.62. The molecule has 2 aromatic carbocycles. The Morgan fingerprint density at radius 3 is 2.71 bits per heavy atom. The number of carbonyl (C=O) groups is 1. The van der Waals surface area contributed by atoms with E-state index in [2.05, 4.69) is 37.2 Å². The lowest BCUT2D eigenvalue weighted by Crippen LogP contribution is -2.33. The number of hydrogen-bond acceptors (Lipinski definition) is 4. The number of rotatable bonds is 8. The van der Waals surface area contributed by atoms with E-state index in [1.165, 1.54) is 0 Å². The number of para-hydroxylation sites is 2. The maximum atomic E-state index is 13.0. The van der Waals surface area contributed by atoms with Crippen molar-refractivity contribution in [3.05, 3.63) is 107 Å². The molecule has 0 aliphatic carbocycles. The van der Waals surface area contributed by atoms with Crippen molar-refractivity contribution in [2.24, 2.45) is 0 Å². The van der Waals surface area contributed by atoms with Gasteiger partial charge in [-0.1, -0.05) is 29.8 Å². The molecule has 0 unspecified atom stereocenters. The molecule has 1 saturated heterocycles. The van der Waals surface area contributed by atoms with Crippen molar-refractivity contribution >= 4 is 40.5 Å². The normalized spacial score (nSPS) is 16.8. The van der Waals surface area contributed by atoms with Crippen molar-refractivity contribution in [1.29, 1.82) is 0 Å². The van der Waals surface area contributed by atoms with E-state index in [0.29, 0.717) is 23.1 Å². The predicted octanol–water partition coefficient (Wildman–Crippen LogP) is 5.84. The largest absolute Gasteiger partial charge is 0.495 e. The van der Waals surface area contributed by atoms with Crippen LogP contribution >= 0.6 is 23.8 Å². The molecule has 2 aromatic heterocycles. The van der Waals surface area contributed by atoms with Gasteiger partial charge in [-0.3, -0.25) is 9.78 Å². The number of thiocarbonyl (C=S) groups is 1. The fraction of sp³-hybridized carbons (Fsp3) is 0.207. The van der Waals surface area contributed by atoms with Crippen LogP contribution in [-0.4, -0.2) is 39.1 Å². The first-order valence-electron chi connectivity index (χ1n) is 12.3. The summed E-state index contributed by atoms with van der Waals surface area (Å²) < 4.78 is 7.51. The topological polar surface area (TPSA) is 71.4 Å². The molecule has 0 radical (unpaired) electrons. The summed E-state index contributed by atoms with van der Waals surface area (Å²) >= 11 is 12.1. The van der Waals surface area contributed by atoms with Crippen LogP contribution in [0, 0.1) is 6.92 Å². The number of ether oxygens (including phenoxy) is 1. The van der Waals surface area contributed by atoms with Crippen LogP contribution in [0.15, 0.2) is 85.2 Å². The molecule has 38 heavy (non-hydrogen) atoms. The second-order valence-electron chi connectivity index (χ2n) is 9.05. The number of nitrogens with zero attached hydrogens (tertiary/aromatic N) is 3. The minimum atomic E-state index is -0.192. The monoisotopic (exact) mass is 545 g/mol. The Morgan fingerprint density at radius 2 is 1.95 bits per heavy atom. The number of aromatic nitrogens is 2. The van der Waals surface area contributed by atoms with Gasteiger partial charge in [-0.15, -0.1) is 0 Å². The average molecular weight is 546 g/mol. The quantitative estimate of drug-likeness (QED) is 0.271. The van der Waals surface area contributed by atoms with Crippen molar-refractivity contribution in [2.45, 2.75) is 25.4 Å². The van der Waals surface area contributed by atoms with Gasteiger partial charge in [-0.05, 0) is 79.3 Å². The molecule has 9 heteroatoms. The van der Waals surface area contributed by atoms with Gasteiger partial charge < -0.3 is 24.8 Å². The number of anilines is 1. The zero-order valence-corrected chi connectivity index (χ0v) is 22.7. The Labute approximate surface area is 232 Å². The van der Waals surface area contributed by atoms with Gasteiger partial charge >= 0.3 is 0 Å². The van der Waals surface area contributed by atoms with Crippen molar-refractivity contribution in [3.8, 4) is 11.4 Å². The van der Waals surface area contributed by atoms with Crippen molar-refractivity contribution in [1.82, 2.24) is 19.8 Å². The Hall–Kier alpha value is -3.88. The molecule has 194 valence electrons. The first-order chi connectivity index (χ1) is 18.5. The molecule has 2 N–H and O–H groups in total. The molecule has 1 fully saturated rings. The van der Waals surface area contributed by atoms with Crippen LogP contribution in [0.1, 0.15) is 35.5 Å². The lowest BCUT2D eigenvalue weighted by molar-refractivity contribution is -0.116. The standard InChI is InChI=1S/C29H28ClN5O2S/c1-19-18-20(12-13-21(19)30)34-16-7-10-24(34)28-27(23-9-5-6-15-31-23)33-29(38)35(28)17-14-26(36)32-22-8-3-4-11-25(22)37-2/h3-13,15-16,18,27-28H,14,17H2,1-2H3,(H,32,36)(H,33,38)/t27-,28-/m1/s1. The maximum Gasteiger partial charge on any atom is 0.226 e. The zero-order chi connectivity index (χ0) is 26.6. The van der Waals surface area contributed by atoms with Crippen LogP contribution in [0.3, 0.4) is 0 Å². The molecule has 1 aliphatic heterocycles. The van der Waals surface area contributed by atoms with Gasteiger partial charge in [-0.25, -0.2) is 0 Å². The molecular weight excluding hydrogens is 518 g/mol. The SMILES string of the molecule is COc1ccccc1NC(=O)CCN1C(=S)N[C@H](c2ccccn2)[C@H]1c1cccn1-c1ccc(Cl)c(C)c1. The number of pyridine rings is 1. The lowest BCUT2D eigenvalue weighted by atomic mass is 10.0. The second kappa shape index (κ2) is 11.2.